The summed E-state index contributed by atoms with van der Waals surface area (Å²) in [6.45, 7) is 5.39. The third kappa shape index (κ3) is 6.55. The van der Waals surface area contributed by atoms with Crippen LogP contribution in [0.25, 0.3) is 0 Å². The molecule has 29 heavy (non-hydrogen) atoms. The van der Waals surface area contributed by atoms with E-state index in [9.17, 15) is 9.18 Å². The van der Waals surface area contributed by atoms with Gasteiger partial charge in [-0.2, -0.15) is 0 Å². The van der Waals surface area contributed by atoms with Crippen molar-refractivity contribution in [3.8, 4) is 0 Å². The number of thiocarbonyl (C=S) groups is 1. The van der Waals surface area contributed by atoms with Crippen LogP contribution in [0.15, 0.2) is 29.8 Å². The molecule has 0 aromatic heterocycles. The van der Waals surface area contributed by atoms with Gasteiger partial charge in [0, 0.05) is 24.7 Å². The van der Waals surface area contributed by atoms with E-state index in [0.717, 1.165) is 6.34 Å². The number of nitrogens with zero attached hydrogens (tertiary/aromatic N) is 2. The number of ether oxygens (including phenoxy) is 2. The van der Waals surface area contributed by atoms with Crippen molar-refractivity contribution < 1.29 is 18.7 Å². The van der Waals surface area contributed by atoms with Gasteiger partial charge in [0.2, 0.25) is 0 Å². The third-order valence-electron chi connectivity index (χ3n) is 4.09. The van der Waals surface area contributed by atoms with E-state index in [1.54, 1.807) is 6.07 Å². The minimum atomic E-state index is -0.568. The summed E-state index contributed by atoms with van der Waals surface area (Å²) in [5.41, 5.74) is 0.598. The molecule has 0 spiro atoms. The fourth-order valence-corrected chi connectivity index (χ4v) is 2.86. The Balaban J connectivity index is 2.00. The Bertz CT molecular complexity index is 782. The fraction of sp³-hybridized carbons (Fsp3) is 0.389. The van der Waals surface area contributed by atoms with E-state index < -0.39 is 18.0 Å². The van der Waals surface area contributed by atoms with Gasteiger partial charge in [-0.3, -0.25) is 10.3 Å². The zero-order chi connectivity index (χ0) is 21.4. The summed E-state index contributed by atoms with van der Waals surface area (Å²) in [7, 11) is 1.44. The number of hydrogen-bond donors (Lipinski definition) is 3. The maximum absolute atomic E-state index is 14.7. The molecule has 11 heteroatoms. The number of cyclic esters (lactones) is 1. The topological polar surface area (TPSA) is 89.9 Å². The molecule has 1 aliphatic rings. The maximum Gasteiger partial charge on any atom is 0.414 e. The van der Waals surface area contributed by atoms with Gasteiger partial charge in [-0.25, -0.2) is 9.18 Å². The largest absolute Gasteiger partial charge is 0.474 e. The van der Waals surface area contributed by atoms with Crippen LogP contribution in [0.3, 0.4) is 0 Å². The minimum Gasteiger partial charge on any atom is -0.474 e. The highest BCUT2D eigenvalue weighted by atomic mass is 35.5. The lowest BCUT2D eigenvalue weighted by molar-refractivity contribution is 0.142. The summed E-state index contributed by atoms with van der Waals surface area (Å²) in [5.74, 6) is -0.553. The summed E-state index contributed by atoms with van der Waals surface area (Å²) >= 11 is 10.6. The number of hydrogen-bond acceptors (Lipinski definition) is 6. The number of anilines is 2. The number of rotatable bonds is 10. The highest BCUT2D eigenvalue weighted by Crippen LogP contribution is 2.27. The van der Waals surface area contributed by atoms with E-state index in [1.807, 2.05) is 0 Å². The molecule has 0 aliphatic carbocycles. The minimum absolute atomic E-state index is 0.200. The molecule has 1 fully saturated rings. The lowest BCUT2D eigenvalue weighted by Gasteiger charge is -2.21. The van der Waals surface area contributed by atoms with Crippen molar-refractivity contribution in [2.45, 2.75) is 6.10 Å². The van der Waals surface area contributed by atoms with Crippen molar-refractivity contribution in [1.82, 2.24) is 10.6 Å². The Morgan fingerprint density at radius 1 is 1.62 bits per heavy atom. The molecule has 8 nitrogen and oxygen atoms in total. The van der Waals surface area contributed by atoms with Gasteiger partial charge in [0.15, 0.2) is 0 Å². The van der Waals surface area contributed by atoms with Gasteiger partial charge in [-0.1, -0.05) is 18.2 Å². The molecule has 0 saturated carbocycles. The fourth-order valence-electron chi connectivity index (χ4n) is 2.68. The van der Waals surface area contributed by atoms with Gasteiger partial charge >= 0.3 is 6.09 Å². The first-order chi connectivity index (χ1) is 13.8. The van der Waals surface area contributed by atoms with E-state index >= 15 is 0 Å². The normalized spacial score (nSPS) is 15.6. The first kappa shape index (κ1) is 22.9. The van der Waals surface area contributed by atoms with Crippen molar-refractivity contribution >= 4 is 52.8 Å². The number of amides is 1. The van der Waals surface area contributed by atoms with Crippen LogP contribution in [0.1, 0.15) is 0 Å². The van der Waals surface area contributed by atoms with Crippen molar-refractivity contribution in [2.75, 3.05) is 49.6 Å². The van der Waals surface area contributed by atoms with E-state index in [1.165, 1.54) is 29.0 Å². The lowest BCUT2D eigenvalue weighted by Crippen LogP contribution is -2.34. The molecule has 3 N–H and O–H groups in total. The molecule has 2 rings (SSSR count). The van der Waals surface area contributed by atoms with E-state index in [0.29, 0.717) is 36.9 Å². The highest BCUT2D eigenvalue weighted by molar-refractivity contribution is 7.80. The molecule has 1 heterocycles. The number of nitrogens with one attached hydrogen (secondary N) is 3. The third-order valence-corrected chi connectivity index (χ3v) is 4.53. The van der Waals surface area contributed by atoms with Crippen molar-refractivity contribution in [1.29, 1.82) is 5.41 Å². The van der Waals surface area contributed by atoms with Crippen LogP contribution in [0, 0.1) is 11.2 Å². The highest BCUT2D eigenvalue weighted by Gasteiger charge is 2.32. The second kappa shape index (κ2) is 10.9. The molecule has 1 unspecified atom stereocenters. The van der Waals surface area contributed by atoms with E-state index in [4.69, 9.17) is 38.7 Å². The molecule has 0 bridgehead atoms. The molecule has 0 radical (unpaired) electrons. The molecular formula is C18H23ClFN5O3S. The first-order valence-electron chi connectivity index (χ1n) is 8.76. The summed E-state index contributed by atoms with van der Waals surface area (Å²) < 4.78 is 24.8. The number of carbonyl (C=O) groups excluding carboxylic acids is 1. The Morgan fingerprint density at radius 2 is 2.38 bits per heavy atom. The molecule has 1 atom stereocenters. The van der Waals surface area contributed by atoms with Crippen LogP contribution in [0.2, 0.25) is 0 Å². The average molecular weight is 444 g/mol. The van der Waals surface area contributed by atoms with Gasteiger partial charge in [0.05, 0.1) is 37.9 Å². The summed E-state index contributed by atoms with van der Waals surface area (Å²) in [6, 6.07) is 4.38. The Kier molecular flexibility index (Phi) is 8.62. The second-order valence-electron chi connectivity index (χ2n) is 6.14. The molecule has 158 valence electrons. The lowest BCUT2D eigenvalue weighted by atomic mass is 10.2. The zero-order valence-electron chi connectivity index (χ0n) is 15.9. The summed E-state index contributed by atoms with van der Waals surface area (Å²) in [6.07, 6.45) is 0.0284. The van der Waals surface area contributed by atoms with Crippen molar-refractivity contribution in [3.05, 3.63) is 35.6 Å². The molecule has 1 aromatic carbocycles. The van der Waals surface area contributed by atoms with E-state index in [-0.39, 0.29) is 17.4 Å². The van der Waals surface area contributed by atoms with Gasteiger partial charge < -0.3 is 25.0 Å². The summed E-state index contributed by atoms with van der Waals surface area (Å²) in [4.78, 5) is 14.9. The van der Waals surface area contributed by atoms with Gasteiger partial charge in [-0.05, 0) is 30.4 Å². The zero-order valence-corrected chi connectivity index (χ0v) is 17.5. The number of carbonyl (C=O) groups is 1. The predicted octanol–water partition coefficient (Wildman–Crippen LogP) is 2.43. The second-order valence-corrected chi connectivity index (χ2v) is 7.05. The Morgan fingerprint density at radius 3 is 3.00 bits per heavy atom. The monoisotopic (exact) mass is 443 g/mol. The van der Waals surface area contributed by atoms with Crippen LogP contribution < -0.4 is 20.4 Å². The van der Waals surface area contributed by atoms with Crippen LogP contribution in [-0.2, 0) is 9.47 Å². The quantitative estimate of drug-likeness (QED) is 0.221. The van der Waals surface area contributed by atoms with Crippen molar-refractivity contribution in [2.24, 2.45) is 0 Å². The smallest absolute Gasteiger partial charge is 0.414 e. The van der Waals surface area contributed by atoms with Gasteiger partial charge in [0.25, 0.3) is 5.17 Å². The Hall–Kier alpha value is -2.43. The number of benzene rings is 1. The number of halogens is 2. The van der Waals surface area contributed by atoms with Crippen LogP contribution >= 0.6 is 23.8 Å². The average Bonchev–Trinajstić information content (AvgIpc) is 3.07. The SMILES string of the molecule is C=C(Cl)CNCCN(C=N)c1ccc(N2CC(CNC(=S)OC)OC2=O)cc1F. The number of methoxy groups -OCH3 is 1. The van der Waals surface area contributed by atoms with E-state index in [2.05, 4.69) is 17.2 Å². The molecule has 1 aliphatic heterocycles. The van der Waals surface area contributed by atoms with Crippen molar-refractivity contribution in [3.63, 3.8) is 0 Å². The van der Waals surface area contributed by atoms with Crippen LogP contribution in [0.4, 0.5) is 20.6 Å². The first-order valence-corrected chi connectivity index (χ1v) is 9.55. The van der Waals surface area contributed by atoms with Crippen LogP contribution in [0.5, 0.6) is 0 Å². The summed E-state index contributed by atoms with van der Waals surface area (Å²) in [5, 5.41) is 14.1. The van der Waals surface area contributed by atoms with Gasteiger partial charge in [0.1, 0.15) is 11.9 Å². The molecule has 1 aromatic rings. The Labute approximate surface area is 179 Å². The van der Waals surface area contributed by atoms with Gasteiger partial charge in [-0.15, -0.1) is 0 Å². The molecule has 1 amide bonds. The molecular weight excluding hydrogens is 421 g/mol. The molecule has 1 saturated heterocycles. The standard InChI is InChI=1S/C18H23ClFN5O3S/c1-12(19)8-22-5-6-24(11-21)16-4-3-13(7-15(16)20)25-10-14(28-18(25)26)9-23-17(29)27-2/h3-4,7,11,14,21-22H,1,5-6,8-10H2,2H3,(H,23,29). The van der Waals surface area contributed by atoms with Crippen LogP contribution in [-0.4, -0.2) is 63.5 Å². The maximum atomic E-state index is 14.7. The predicted molar refractivity (Wildman–Crippen MR) is 116 cm³/mol.